The Bertz CT molecular complexity index is 881. The van der Waals surface area contributed by atoms with Gasteiger partial charge >= 0.3 is 5.97 Å². The molecule has 0 radical (unpaired) electrons. The molecule has 2 aromatic rings. The minimum atomic E-state index is -1.09. The Labute approximate surface area is 165 Å². The van der Waals surface area contributed by atoms with E-state index in [0.717, 1.165) is 22.9 Å². The van der Waals surface area contributed by atoms with Crippen molar-refractivity contribution in [1.82, 2.24) is 4.90 Å². The molecule has 1 unspecified atom stereocenters. The third-order valence-corrected chi connectivity index (χ3v) is 5.44. The van der Waals surface area contributed by atoms with E-state index in [1.807, 2.05) is 30.3 Å². The third-order valence-electron chi connectivity index (χ3n) is 3.86. The minimum Gasteiger partial charge on any atom is -0.480 e. The van der Waals surface area contributed by atoms with Gasteiger partial charge in [0, 0.05) is 11.4 Å². The maximum Gasteiger partial charge on any atom is 0.327 e. The number of carboxylic acid groups (broad SMARTS) is 1. The number of thioether (sulfide) groups is 1. The van der Waals surface area contributed by atoms with Crippen LogP contribution in [0.25, 0.3) is 6.08 Å². The second-order valence-corrected chi connectivity index (χ2v) is 7.76. The maximum atomic E-state index is 12.8. The molecule has 1 saturated heterocycles. The first-order chi connectivity index (χ1) is 12.5. The summed E-state index contributed by atoms with van der Waals surface area (Å²) in [7, 11) is 0. The second kappa shape index (κ2) is 8.03. The number of rotatable bonds is 5. The van der Waals surface area contributed by atoms with Crippen molar-refractivity contribution in [2.24, 2.45) is 0 Å². The zero-order chi connectivity index (χ0) is 18.7. The van der Waals surface area contributed by atoms with Gasteiger partial charge < -0.3 is 5.11 Å². The SMILES string of the molecule is O=C(O)C(Cc1ccccc1)N1C(=O)/C(=C/c2ccc(Cl)cc2)SC1=S. The Morgan fingerprint density at radius 2 is 1.85 bits per heavy atom. The summed E-state index contributed by atoms with van der Waals surface area (Å²) < 4.78 is 0.249. The number of thiocarbonyl (C=S) groups is 1. The molecule has 1 aliphatic rings. The quantitative estimate of drug-likeness (QED) is 0.597. The fraction of sp³-hybridized carbons (Fsp3) is 0.105. The highest BCUT2D eigenvalue weighted by Gasteiger charge is 2.40. The molecule has 1 N–H and O–H groups in total. The summed E-state index contributed by atoms with van der Waals surface area (Å²) in [5, 5.41) is 10.2. The van der Waals surface area contributed by atoms with Crippen molar-refractivity contribution in [3.05, 3.63) is 75.7 Å². The van der Waals surface area contributed by atoms with Crippen molar-refractivity contribution in [3.63, 3.8) is 0 Å². The smallest absolute Gasteiger partial charge is 0.327 e. The van der Waals surface area contributed by atoms with Crippen LogP contribution in [-0.2, 0) is 16.0 Å². The number of carboxylic acids is 1. The van der Waals surface area contributed by atoms with Gasteiger partial charge in [0.2, 0.25) is 0 Å². The maximum absolute atomic E-state index is 12.8. The molecule has 132 valence electrons. The van der Waals surface area contributed by atoms with Crippen LogP contribution in [0.15, 0.2) is 59.5 Å². The van der Waals surface area contributed by atoms with E-state index < -0.39 is 17.9 Å². The molecule has 0 aliphatic carbocycles. The van der Waals surface area contributed by atoms with Crippen molar-refractivity contribution in [3.8, 4) is 0 Å². The molecule has 0 bridgehead atoms. The van der Waals surface area contributed by atoms with Crippen LogP contribution in [-0.4, -0.2) is 32.2 Å². The van der Waals surface area contributed by atoms with Gasteiger partial charge in [-0.15, -0.1) is 0 Å². The molecule has 4 nitrogen and oxygen atoms in total. The van der Waals surface area contributed by atoms with E-state index in [-0.39, 0.29) is 10.7 Å². The number of benzene rings is 2. The number of carbonyl (C=O) groups is 2. The summed E-state index contributed by atoms with van der Waals surface area (Å²) in [6.45, 7) is 0. The Kier molecular flexibility index (Phi) is 5.76. The fourth-order valence-electron chi connectivity index (χ4n) is 2.59. The van der Waals surface area contributed by atoms with Crippen LogP contribution in [0.4, 0.5) is 0 Å². The molecule has 7 heteroatoms. The van der Waals surface area contributed by atoms with Gasteiger partial charge in [-0.1, -0.05) is 78.0 Å². The molecule has 1 fully saturated rings. The average molecular weight is 404 g/mol. The first-order valence-electron chi connectivity index (χ1n) is 7.75. The lowest BCUT2D eigenvalue weighted by molar-refractivity contribution is -0.145. The van der Waals surface area contributed by atoms with Crippen LogP contribution in [0.5, 0.6) is 0 Å². The average Bonchev–Trinajstić information content (AvgIpc) is 2.89. The van der Waals surface area contributed by atoms with Crippen molar-refractivity contribution < 1.29 is 14.7 Å². The molecule has 0 spiro atoms. The molecule has 0 saturated carbocycles. The van der Waals surface area contributed by atoms with Crippen LogP contribution in [0.1, 0.15) is 11.1 Å². The van der Waals surface area contributed by atoms with Gasteiger partial charge in [-0.25, -0.2) is 4.79 Å². The summed E-state index contributed by atoms with van der Waals surface area (Å²) in [4.78, 5) is 26.2. The predicted molar refractivity (Wildman–Crippen MR) is 108 cm³/mol. The zero-order valence-electron chi connectivity index (χ0n) is 13.5. The van der Waals surface area contributed by atoms with Crippen LogP contribution >= 0.6 is 35.6 Å². The molecule has 1 aliphatic heterocycles. The van der Waals surface area contributed by atoms with E-state index in [1.165, 1.54) is 4.90 Å². The van der Waals surface area contributed by atoms with Crippen molar-refractivity contribution in [1.29, 1.82) is 0 Å². The first-order valence-corrected chi connectivity index (χ1v) is 9.35. The van der Waals surface area contributed by atoms with E-state index in [4.69, 9.17) is 23.8 Å². The molecular weight excluding hydrogens is 390 g/mol. The van der Waals surface area contributed by atoms with Crippen molar-refractivity contribution in [2.75, 3.05) is 0 Å². The normalized spacial score (nSPS) is 17.0. The number of aliphatic carboxylic acids is 1. The van der Waals surface area contributed by atoms with Gasteiger partial charge in [-0.2, -0.15) is 0 Å². The van der Waals surface area contributed by atoms with E-state index in [1.54, 1.807) is 30.3 Å². The third kappa shape index (κ3) is 4.15. The summed E-state index contributed by atoms with van der Waals surface area (Å²) in [5.41, 5.74) is 1.63. The lowest BCUT2D eigenvalue weighted by Crippen LogP contribution is -2.45. The van der Waals surface area contributed by atoms with Gasteiger partial charge in [0.25, 0.3) is 5.91 Å². The van der Waals surface area contributed by atoms with Gasteiger partial charge in [-0.3, -0.25) is 9.69 Å². The van der Waals surface area contributed by atoms with Gasteiger partial charge in [-0.05, 0) is 29.3 Å². The molecular formula is C19H14ClNO3S2. The number of halogens is 1. The van der Waals surface area contributed by atoms with Crippen LogP contribution < -0.4 is 0 Å². The lowest BCUT2D eigenvalue weighted by Gasteiger charge is -2.23. The van der Waals surface area contributed by atoms with Crippen molar-refractivity contribution >= 4 is 57.9 Å². The standard InChI is InChI=1S/C19H14ClNO3S2/c20-14-8-6-13(7-9-14)11-16-17(22)21(19(25)26-16)15(18(23)24)10-12-4-2-1-3-5-12/h1-9,11,15H,10H2,(H,23,24)/b16-11-. The highest BCUT2D eigenvalue weighted by atomic mass is 35.5. The first kappa shape index (κ1) is 18.6. The highest BCUT2D eigenvalue weighted by Crippen LogP contribution is 2.34. The van der Waals surface area contributed by atoms with Crippen LogP contribution in [0, 0.1) is 0 Å². The van der Waals surface area contributed by atoms with E-state index in [9.17, 15) is 14.7 Å². The summed E-state index contributed by atoms with van der Waals surface area (Å²) >= 11 is 12.3. The largest absolute Gasteiger partial charge is 0.480 e. The lowest BCUT2D eigenvalue weighted by atomic mass is 10.0. The Hall–Kier alpha value is -2.15. The molecule has 1 heterocycles. The highest BCUT2D eigenvalue weighted by molar-refractivity contribution is 8.26. The topological polar surface area (TPSA) is 57.6 Å². The second-order valence-electron chi connectivity index (χ2n) is 5.65. The number of carbonyl (C=O) groups excluding carboxylic acids is 1. The minimum absolute atomic E-state index is 0.191. The summed E-state index contributed by atoms with van der Waals surface area (Å²) in [6, 6.07) is 15.2. The summed E-state index contributed by atoms with van der Waals surface area (Å²) in [5.74, 6) is -1.48. The van der Waals surface area contributed by atoms with E-state index in [0.29, 0.717) is 9.93 Å². The zero-order valence-corrected chi connectivity index (χ0v) is 15.9. The molecule has 1 atom stereocenters. The fourth-order valence-corrected chi connectivity index (χ4v) is 4.07. The molecule has 3 rings (SSSR count). The number of amides is 1. The molecule has 0 aromatic heterocycles. The molecule has 26 heavy (non-hydrogen) atoms. The summed E-state index contributed by atoms with van der Waals surface area (Å²) in [6.07, 6.45) is 1.88. The number of hydrogen-bond donors (Lipinski definition) is 1. The van der Waals surface area contributed by atoms with Crippen LogP contribution in [0.2, 0.25) is 5.02 Å². The molecule has 1 amide bonds. The Morgan fingerprint density at radius 3 is 2.46 bits per heavy atom. The van der Waals surface area contributed by atoms with Gasteiger partial charge in [0.1, 0.15) is 10.4 Å². The van der Waals surface area contributed by atoms with E-state index in [2.05, 4.69) is 0 Å². The van der Waals surface area contributed by atoms with Gasteiger partial charge in [0.15, 0.2) is 0 Å². The number of hydrogen-bond acceptors (Lipinski definition) is 4. The monoisotopic (exact) mass is 403 g/mol. The van der Waals surface area contributed by atoms with Crippen LogP contribution in [0.3, 0.4) is 0 Å². The Balaban J connectivity index is 1.86. The van der Waals surface area contributed by atoms with E-state index >= 15 is 0 Å². The van der Waals surface area contributed by atoms with Gasteiger partial charge in [0.05, 0.1) is 4.91 Å². The predicted octanol–water partition coefficient (Wildman–Crippen LogP) is 4.24. The number of nitrogens with zero attached hydrogens (tertiary/aromatic N) is 1. The Morgan fingerprint density at radius 1 is 1.19 bits per heavy atom. The van der Waals surface area contributed by atoms with Crippen molar-refractivity contribution in [2.45, 2.75) is 12.5 Å². The molecule has 2 aromatic carbocycles.